The van der Waals surface area contributed by atoms with Crippen LogP contribution in [-0.4, -0.2) is 25.2 Å². The molecule has 7 heteroatoms. The van der Waals surface area contributed by atoms with Gasteiger partial charge in [-0.05, 0) is 30.9 Å². The summed E-state index contributed by atoms with van der Waals surface area (Å²) in [5, 5.41) is 10.9. The van der Waals surface area contributed by atoms with E-state index in [1.165, 1.54) is 4.88 Å². The van der Waals surface area contributed by atoms with E-state index in [9.17, 15) is 9.59 Å². The molecule has 0 saturated carbocycles. The van der Waals surface area contributed by atoms with Crippen molar-refractivity contribution in [1.29, 1.82) is 0 Å². The Morgan fingerprint density at radius 3 is 2.67 bits per heavy atom. The van der Waals surface area contributed by atoms with Gasteiger partial charge in [0, 0.05) is 23.7 Å². The van der Waals surface area contributed by atoms with E-state index < -0.39 is 12.0 Å². The summed E-state index contributed by atoms with van der Waals surface area (Å²) in [6.45, 7) is 5.06. The van der Waals surface area contributed by atoms with E-state index in [1.807, 2.05) is 48.7 Å². The second-order valence-corrected chi connectivity index (χ2v) is 7.27. The summed E-state index contributed by atoms with van der Waals surface area (Å²) in [4.78, 5) is 26.1. The molecule has 1 aliphatic rings. The number of hydrogen-bond acceptors (Lipinski definition) is 5. The Balaban J connectivity index is 1.88. The van der Waals surface area contributed by atoms with Crippen molar-refractivity contribution >= 4 is 23.3 Å². The predicted molar refractivity (Wildman–Crippen MR) is 105 cm³/mol. The second-order valence-electron chi connectivity index (χ2n) is 6.24. The summed E-state index contributed by atoms with van der Waals surface area (Å²) in [5.41, 5.74) is 2.92. The Kier molecular flexibility index (Phi) is 6.26. The molecular weight excluding hydrogens is 362 g/mol. The van der Waals surface area contributed by atoms with E-state index in [2.05, 4.69) is 16.0 Å². The summed E-state index contributed by atoms with van der Waals surface area (Å²) in [6, 6.07) is 10.9. The molecule has 0 radical (unpaired) electrons. The van der Waals surface area contributed by atoms with Crippen molar-refractivity contribution in [3.8, 4) is 0 Å². The highest BCUT2D eigenvalue weighted by atomic mass is 32.1. The first-order valence-corrected chi connectivity index (χ1v) is 9.73. The number of aryl methyl sites for hydroxylation is 1. The predicted octanol–water partition coefficient (Wildman–Crippen LogP) is 3.02. The van der Waals surface area contributed by atoms with E-state index in [4.69, 9.17) is 4.74 Å². The highest BCUT2D eigenvalue weighted by Crippen LogP contribution is 2.28. The minimum Gasteiger partial charge on any atom is -0.463 e. The second kappa shape index (κ2) is 8.83. The number of thiophene rings is 1. The van der Waals surface area contributed by atoms with Crippen molar-refractivity contribution in [2.24, 2.45) is 0 Å². The third-order valence-electron chi connectivity index (χ3n) is 4.24. The summed E-state index contributed by atoms with van der Waals surface area (Å²) >= 11 is 1.65. The van der Waals surface area contributed by atoms with Crippen LogP contribution >= 0.6 is 11.3 Å². The molecule has 27 heavy (non-hydrogen) atoms. The first kappa shape index (κ1) is 19.1. The maximum absolute atomic E-state index is 12.7. The molecule has 0 fully saturated rings. The molecule has 0 unspecified atom stereocenters. The van der Waals surface area contributed by atoms with Crippen molar-refractivity contribution in [2.75, 3.05) is 13.2 Å². The van der Waals surface area contributed by atoms with Gasteiger partial charge in [0.15, 0.2) is 0 Å². The van der Waals surface area contributed by atoms with Crippen LogP contribution in [0.2, 0.25) is 0 Å². The molecule has 0 spiro atoms. The van der Waals surface area contributed by atoms with Crippen LogP contribution in [0, 0.1) is 6.92 Å². The van der Waals surface area contributed by atoms with Crippen molar-refractivity contribution in [3.05, 3.63) is 69.1 Å². The Bertz CT molecular complexity index is 829. The van der Waals surface area contributed by atoms with E-state index in [1.54, 1.807) is 18.3 Å². The summed E-state index contributed by atoms with van der Waals surface area (Å²) < 4.78 is 5.26. The fraction of sp³-hybridized carbons (Fsp3) is 0.300. The molecule has 1 atom stereocenters. The Morgan fingerprint density at radius 1 is 1.22 bits per heavy atom. The van der Waals surface area contributed by atoms with Crippen LogP contribution in [-0.2, 0) is 16.1 Å². The molecule has 1 aromatic carbocycles. The van der Waals surface area contributed by atoms with E-state index in [0.717, 1.165) is 11.1 Å². The molecule has 1 aliphatic heterocycles. The van der Waals surface area contributed by atoms with Crippen LogP contribution in [0.25, 0.3) is 0 Å². The lowest BCUT2D eigenvalue weighted by atomic mass is 9.94. The molecule has 0 aliphatic carbocycles. The normalized spacial score (nSPS) is 16.7. The molecular formula is C20H23N3O3S. The van der Waals surface area contributed by atoms with E-state index >= 15 is 0 Å². The summed E-state index contributed by atoms with van der Waals surface area (Å²) in [6.07, 6.45) is 0. The van der Waals surface area contributed by atoms with Crippen molar-refractivity contribution in [3.63, 3.8) is 0 Å². The number of carbonyl (C=O) groups is 2. The van der Waals surface area contributed by atoms with Crippen LogP contribution in [0.1, 0.15) is 29.0 Å². The van der Waals surface area contributed by atoms with Crippen LogP contribution in [0.3, 0.4) is 0 Å². The summed E-state index contributed by atoms with van der Waals surface area (Å²) in [5.74, 6) is -0.427. The Hall–Kier alpha value is -2.64. The van der Waals surface area contributed by atoms with Gasteiger partial charge in [-0.25, -0.2) is 9.59 Å². The van der Waals surface area contributed by atoms with Gasteiger partial charge in [-0.3, -0.25) is 0 Å². The van der Waals surface area contributed by atoms with Crippen molar-refractivity contribution in [1.82, 2.24) is 16.0 Å². The average molecular weight is 385 g/mol. The minimum atomic E-state index is -0.545. The van der Waals surface area contributed by atoms with Gasteiger partial charge in [0.1, 0.15) is 0 Å². The maximum Gasteiger partial charge on any atom is 0.338 e. The zero-order chi connectivity index (χ0) is 19.2. The number of amides is 2. The van der Waals surface area contributed by atoms with E-state index in [-0.39, 0.29) is 12.6 Å². The van der Waals surface area contributed by atoms with Gasteiger partial charge in [0.25, 0.3) is 0 Å². The standard InChI is InChI=1S/C20H23N3O3S/c1-3-26-19(24)17-16(12-21-11-15-5-4-10-27-15)22-20(25)23-18(17)14-8-6-13(2)7-9-14/h4-10,18,21H,3,11-12H2,1-2H3,(H2,22,23,25)/t18-/m0/s1. The van der Waals surface area contributed by atoms with Gasteiger partial charge in [-0.15, -0.1) is 11.3 Å². The lowest BCUT2D eigenvalue weighted by molar-refractivity contribution is -0.139. The van der Waals surface area contributed by atoms with E-state index in [0.29, 0.717) is 24.4 Å². The first-order chi connectivity index (χ1) is 13.1. The van der Waals surface area contributed by atoms with Crippen LogP contribution < -0.4 is 16.0 Å². The fourth-order valence-electron chi connectivity index (χ4n) is 2.94. The smallest absolute Gasteiger partial charge is 0.338 e. The number of urea groups is 1. The summed E-state index contributed by atoms with van der Waals surface area (Å²) in [7, 11) is 0. The lowest BCUT2D eigenvalue weighted by Crippen LogP contribution is -2.48. The van der Waals surface area contributed by atoms with Crippen LogP contribution in [0.5, 0.6) is 0 Å². The molecule has 6 nitrogen and oxygen atoms in total. The lowest BCUT2D eigenvalue weighted by Gasteiger charge is -2.29. The Labute approximate surface area is 162 Å². The molecule has 0 bridgehead atoms. The number of nitrogens with one attached hydrogen (secondary N) is 3. The molecule has 142 valence electrons. The first-order valence-electron chi connectivity index (χ1n) is 8.85. The molecule has 1 aromatic heterocycles. The van der Waals surface area contributed by atoms with Crippen LogP contribution in [0.4, 0.5) is 4.79 Å². The van der Waals surface area contributed by atoms with Gasteiger partial charge >= 0.3 is 12.0 Å². The van der Waals surface area contributed by atoms with Crippen molar-refractivity contribution < 1.29 is 14.3 Å². The highest BCUT2D eigenvalue weighted by Gasteiger charge is 2.33. The number of benzene rings is 1. The number of esters is 1. The third kappa shape index (κ3) is 4.75. The number of rotatable bonds is 7. The SMILES string of the molecule is CCOC(=O)C1=C(CNCc2cccs2)NC(=O)N[C@H]1c1ccc(C)cc1. The average Bonchev–Trinajstić information content (AvgIpc) is 3.15. The quantitative estimate of drug-likeness (QED) is 0.640. The maximum atomic E-state index is 12.7. The molecule has 2 amide bonds. The molecule has 2 heterocycles. The number of carbonyl (C=O) groups excluding carboxylic acids is 2. The van der Waals surface area contributed by atoms with Gasteiger partial charge in [0.2, 0.25) is 0 Å². The molecule has 0 saturated heterocycles. The zero-order valence-corrected chi connectivity index (χ0v) is 16.2. The topological polar surface area (TPSA) is 79.5 Å². The third-order valence-corrected chi connectivity index (χ3v) is 5.12. The van der Waals surface area contributed by atoms with Crippen molar-refractivity contribution in [2.45, 2.75) is 26.4 Å². The Morgan fingerprint density at radius 2 is 2.00 bits per heavy atom. The number of hydrogen-bond donors (Lipinski definition) is 3. The largest absolute Gasteiger partial charge is 0.463 e. The van der Waals surface area contributed by atoms with Gasteiger partial charge in [0.05, 0.1) is 18.2 Å². The van der Waals surface area contributed by atoms with Gasteiger partial charge in [-0.2, -0.15) is 0 Å². The molecule has 3 rings (SSSR count). The number of ether oxygens (including phenoxy) is 1. The minimum absolute atomic E-state index is 0.271. The fourth-order valence-corrected chi connectivity index (χ4v) is 3.61. The monoisotopic (exact) mass is 385 g/mol. The molecule has 2 aromatic rings. The molecule has 3 N–H and O–H groups in total. The highest BCUT2D eigenvalue weighted by molar-refractivity contribution is 7.09. The van der Waals surface area contributed by atoms with Crippen LogP contribution in [0.15, 0.2) is 53.0 Å². The van der Waals surface area contributed by atoms with Gasteiger partial charge in [-0.1, -0.05) is 35.9 Å². The van der Waals surface area contributed by atoms with Gasteiger partial charge < -0.3 is 20.7 Å². The zero-order valence-electron chi connectivity index (χ0n) is 15.4.